The van der Waals surface area contributed by atoms with Gasteiger partial charge in [-0.1, -0.05) is 0 Å². The van der Waals surface area contributed by atoms with Crippen molar-refractivity contribution in [1.82, 2.24) is 0 Å². The maximum atomic E-state index is 13.7. The molecule has 1 fully saturated rings. The largest absolute Gasteiger partial charge is 0.379 e. The van der Waals surface area contributed by atoms with E-state index in [0.29, 0.717) is 6.42 Å². The van der Waals surface area contributed by atoms with Crippen LogP contribution in [0.5, 0.6) is 0 Å². The van der Waals surface area contributed by atoms with Crippen molar-refractivity contribution in [2.45, 2.75) is 31.4 Å². The van der Waals surface area contributed by atoms with Gasteiger partial charge in [-0.15, -0.1) is 0 Å². The first kappa shape index (κ1) is 13.7. The van der Waals surface area contributed by atoms with Gasteiger partial charge in [-0.05, 0) is 25.3 Å². The molecule has 19 heavy (non-hydrogen) atoms. The monoisotopic (exact) mass is 272 g/mol. The number of nitrogens with one attached hydrogen (secondary N) is 1. The summed E-state index contributed by atoms with van der Waals surface area (Å²) in [6, 6.07) is 1.46. The fourth-order valence-electron chi connectivity index (χ4n) is 2.39. The van der Waals surface area contributed by atoms with Crippen molar-refractivity contribution < 1.29 is 18.4 Å². The Bertz CT molecular complexity index is 496. The fourth-order valence-corrected chi connectivity index (χ4v) is 2.39. The van der Waals surface area contributed by atoms with E-state index < -0.39 is 27.9 Å². The number of hydrogen-bond acceptors (Lipinski definition) is 4. The molecular formula is C12H14F2N2O3. The Morgan fingerprint density at radius 3 is 2.79 bits per heavy atom. The highest BCUT2D eigenvalue weighted by molar-refractivity contribution is 5.63. The van der Waals surface area contributed by atoms with Crippen LogP contribution >= 0.6 is 0 Å². The number of hydrogen-bond donors (Lipinski definition) is 1. The van der Waals surface area contributed by atoms with Gasteiger partial charge in [-0.25, -0.2) is 8.78 Å². The number of halogens is 2. The van der Waals surface area contributed by atoms with Gasteiger partial charge in [0.2, 0.25) is 0 Å². The Morgan fingerprint density at radius 1 is 1.42 bits per heavy atom. The summed E-state index contributed by atoms with van der Waals surface area (Å²) in [5, 5.41) is 13.6. The third-order valence-electron chi connectivity index (χ3n) is 3.35. The highest BCUT2D eigenvalue weighted by Gasteiger charge is 2.31. The predicted octanol–water partition coefficient (Wildman–Crippen LogP) is 2.85. The molecule has 0 radical (unpaired) electrons. The summed E-state index contributed by atoms with van der Waals surface area (Å²) in [4.78, 5) is 10.1. The summed E-state index contributed by atoms with van der Waals surface area (Å²) in [5.41, 5.74) is -0.875. The van der Waals surface area contributed by atoms with Crippen LogP contribution in [0.1, 0.15) is 19.3 Å². The van der Waals surface area contributed by atoms with Crippen molar-refractivity contribution in [3.63, 3.8) is 0 Å². The second-order valence-electron chi connectivity index (χ2n) is 4.47. The lowest BCUT2D eigenvalue weighted by atomic mass is 10.1. The number of anilines is 1. The van der Waals surface area contributed by atoms with E-state index in [1.54, 1.807) is 0 Å². The summed E-state index contributed by atoms with van der Waals surface area (Å²) < 4.78 is 32.1. The molecule has 0 aliphatic heterocycles. The minimum Gasteiger partial charge on any atom is -0.379 e. The molecule has 1 N–H and O–H groups in total. The van der Waals surface area contributed by atoms with Gasteiger partial charge >= 0.3 is 0 Å². The molecular weight excluding hydrogens is 258 g/mol. The third-order valence-corrected chi connectivity index (χ3v) is 3.35. The van der Waals surface area contributed by atoms with E-state index in [9.17, 15) is 18.9 Å². The number of rotatable bonds is 4. The van der Waals surface area contributed by atoms with Crippen molar-refractivity contribution >= 4 is 11.4 Å². The highest BCUT2D eigenvalue weighted by Crippen LogP contribution is 2.33. The van der Waals surface area contributed by atoms with Crippen molar-refractivity contribution in [2.24, 2.45) is 0 Å². The fraction of sp³-hybridized carbons (Fsp3) is 0.500. The van der Waals surface area contributed by atoms with Crippen LogP contribution in [-0.2, 0) is 4.74 Å². The van der Waals surface area contributed by atoms with E-state index in [1.165, 1.54) is 7.11 Å². The van der Waals surface area contributed by atoms with Gasteiger partial charge in [0.15, 0.2) is 17.3 Å². The van der Waals surface area contributed by atoms with E-state index in [2.05, 4.69) is 5.32 Å². The van der Waals surface area contributed by atoms with Gasteiger partial charge in [0.1, 0.15) is 0 Å². The molecule has 1 aromatic carbocycles. The zero-order chi connectivity index (χ0) is 14.0. The Kier molecular flexibility index (Phi) is 3.94. The minimum absolute atomic E-state index is 0.151. The second-order valence-corrected chi connectivity index (χ2v) is 4.47. The summed E-state index contributed by atoms with van der Waals surface area (Å²) >= 11 is 0. The normalized spacial score (nSPS) is 22.5. The zero-order valence-corrected chi connectivity index (χ0v) is 10.4. The molecule has 0 spiro atoms. The molecule has 0 amide bonds. The van der Waals surface area contributed by atoms with Gasteiger partial charge in [-0.2, -0.15) is 0 Å². The Labute approximate surface area is 108 Å². The lowest BCUT2D eigenvalue weighted by Gasteiger charge is -2.21. The molecule has 1 aromatic rings. The van der Waals surface area contributed by atoms with Gasteiger partial charge in [0.25, 0.3) is 5.69 Å². The lowest BCUT2D eigenvalue weighted by molar-refractivity contribution is -0.384. The van der Waals surface area contributed by atoms with Crippen LogP contribution in [0.4, 0.5) is 20.2 Å². The Hall–Kier alpha value is -1.76. The maximum absolute atomic E-state index is 13.7. The molecule has 1 aliphatic carbocycles. The summed E-state index contributed by atoms with van der Waals surface area (Å²) in [6.07, 6.45) is 2.22. The van der Waals surface area contributed by atoms with E-state index in [1.807, 2.05) is 0 Å². The van der Waals surface area contributed by atoms with Gasteiger partial charge in [0, 0.05) is 13.2 Å². The molecule has 2 rings (SSSR count). The van der Waals surface area contributed by atoms with Gasteiger partial charge in [0.05, 0.1) is 17.1 Å². The van der Waals surface area contributed by atoms with Crippen molar-refractivity contribution in [2.75, 3.05) is 12.4 Å². The summed E-state index contributed by atoms with van der Waals surface area (Å²) in [6.45, 7) is 0. The van der Waals surface area contributed by atoms with Crippen molar-refractivity contribution in [3.05, 3.63) is 33.9 Å². The van der Waals surface area contributed by atoms with Crippen LogP contribution in [0.15, 0.2) is 12.1 Å². The first-order valence-corrected chi connectivity index (χ1v) is 5.96. The van der Waals surface area contributed by atoms with Crippen LogP contribution in [0, 0.1) is 21.7 Å². The quantitative estimate of drug-likeness (QED) is 0.676. The Balaban J connectivity index is 2.32. The maximum Gasteiger partial charge on any atom is 0.295 e. The van der Waals surface area contributed by atoms with Crippen molar-refractivity contribution in [1.29, 1.82) is 0 Å². The van der Waals surface area contributed by atoms with Crippen molar-refractivity contribution in [3.8, 4) is 0 Å². The van der Waals surface area contributed by atoms with Gasteiger partial charge < -0.3 is 10.1 Å². The third kappa shape index (κ3) is 2.65. The van der Waals surface area contributed by atoms with E-state index in [4.69, 9.17) is 4.74 Å². The number of nitrogens with zero attached hydrogens (tertiary/aromatic N) is 1. The number of nitro groups is 1. The SMILES string of the molecule is COC1CCCC1Nc1c([N+](=O)[O-])ccc(F)c1F. The first-order chi connectivity index (χ1) is 9.04. The number of ether oxygens (including phenoxy) is 1. The molecule has 0 saturated heterocycles. The smallest absolute Gasteiger partial charge is 0.295 e. The van der Waals surface area contributed by atoms with Crippen LogP contribution in [0.25, 0.3) is 0 Å². The number of nitro benzene ring substituents is 1. The van der Waals surface area contributed by atoms with E-state index >= 15 is 0 Å². The standard InChI is InChI=1S/C12H14F2N2O3/c1-19-10-4-2-3-8(10)15-12-9(16(17)18)6-5-7(13)11(12)14/h5-6,8,10,15H,2-4H2,1H3. The molecule has 5 nitrogen and oxygen atoms in total. The molecule has 0 bridgehead atoms. The molecule has 2 atom stereocenters. The average Bonchev–Trinajstić information content (AvgIpc) is 2.82. The molecule has 104 valence electrons. The van der Waals surface area contributed by atoms with Gasteiger partial charge in [-0.3, -0.25) is 10.1 Å². The second kappa shape index (κ2) is 5.48. The lowest BCUT2D eigenvalue weighted by Crippen LogP contribution is -2.30. The summed E-state index contributed by atoms with van der Waals surface area (Å²) in [5.74, 6) is -2.34. The average molecular weight is 272 g/mol. The van der Waals surface area contributed by atoms with E-state index in [0.717, 1.165) is 25.0 Å². The zero-order valence-electron chi connectivity index (χ0n) is 10.4. The molecule has 1 saturated carbocycles. The van der Waals surface area contributed by atoms with Crippen LogP contribution in [-0.4, -0.2) is 24.2 Å². The Morgan fingerprint density at radius 2 is 2.16 bits per heavy atom. The van der Waals surface area contributed by atoms with E-state index in [-0.39, 0.29) is 12.1 Å². The van der Waals surface area contributed by atoms with Crippen LogP contribution in [0.3, 0.4) is 0 Å². The predicted molar refractivity (Wildman–Crippen MR) is 65.1 cm³/mol. The number of benzene rings is 1. The molecule has 2 unspecified atom stereocenters. The molecule has 0 aromatic heterocycles. The van der Waals surface area contributed by atoms with Crippen LogP contribution < -0.4 is 5.32 Å². The molecule has 7 heteroatoms. The van der Waals surface area contributed by atoms with Crippen LogP contribution in [0.2, 0.25) is 0 Å². The highest BCUT2D eigenvalue weighted by atomic mass is 19.2. The number of methoxy groups -OCH3 is 1. The minimum atomic E-state index is -1.23. The topological polar surface area (TPSA) is 64.4 Å². The summed E-state index contributed by atoms with van der Waals surface area (Å²) in [7, 11) is 1.53. The molecule has 0 heterocycles. The first-order valence-electron chi connectivity index (χ1n) is 5.96. The molecule has 1 aliphatic rings.